The van der Waals surface area contributed by atoms with Crippen molar-refractivity contribution < 1.29 is 9.53 Å². The Kier molecular flexibility index (Phi) is 5.94. The van der Waals surface area contributed by atoms with Gasteiger partial charge in [-0.1, -0.05) is 35.1 Å². The summed E-state index contributed by atoms with van der Waals surface area (Å²) in [5.74, 6) is 0.0917. The van der Waals surface area contributed by atoms with Gasteiger partial charge in [0.2, 0.25) is 5.91 Å². The molecule has 5 heteroatoms. The number of amides is 1. The van der Waals surface area contributed by atoms with Gasteiger partial charge in [0.05, 0.1) is 29.3 Å². The number of aromatic nitrogens is 1. The third-order valence-electron chi connectivity index (χ3n) is 6.18. The lowest BCUT2D eigenvalue weighted by Gasteiger charge is -2.24. The van der Waals surface area contributed by atoms with Crippen LogP contribution in [0.25, 0.3) is 10.2 Å². The van der Waals surface area contributed by atoms with Crippen LogP contribution in [0.1, 0.15) is 46.2 Å². The topological polar surface area (TPSA) is 42.4 Å². The van der Waals surface area contributed by atoms with E-state index in [1.54, 1.807) is 11.3 Å². The van der Waals surface area contributed by atoms with Gasteiger partial charge in [-0.25, -0.2) is 4.98 Å². The summed E-state index contributed by atoms with van der Waals surface area (Å²) in [5, 5.41) is 0.779. The maximum Gasteiger partial charge on any atom is 0.233 e. The Bertz CT molecular complexity index is 1070. The molecule has 0 radical (unpaired) electrons. The summed E-state index contributed by atoms with van der Waals surface area (Å²) in [7, 11) is 0. The number of benzene rings is 2. The lowest BCUT2D eigenvalue weighted by atomic mass is 9.97. The Morgan fingerprint density at radius 2 is 1.87 bits per heavy atom. The molecule has 3 aromatic rings. The number of ether oxygens (including phenoxy) is 1. The van der Waals surface area contributed by atoms with Crippen LogP contribution in [0.4, 0.5) is 5.13 Å². The fraction of sp³-hybridized carbons (Fsp3) is 0.440. The van der Waals surface area contributed by atoms with E-state index in [4.69, 9.17) is 9.72 Å². The van der Waals surface area contributed by atoms with Crippen molar-refractivity contribution in [3.05, 3.63) is 57.6 Å². The summed E-state index contributed by atoms with van der Waals surface area (Å²) in [6.45, 7) is 11.8. The van der Waals surface area contributed by atoms with Gasteiger partial charge in [0.25, 0.3) is 0 Å². The second kappa shape index (κ2) is 8.48. The van der Waals surface area contributed by atoms with Crippen molar-refractivity contribution in [2.75, 3.05) is 18.1 Å². The molecule has 1 amide bonds. The summed E-state index contributed by atoms with van der Waals surface area (Å²) in [4.78, 5) is 20.3. The van der Waals surface area contributed by atoms with Crippen LogP contribution in [0.5, 0.6) is 0 Å². The summed E-state index contributed by atoms with van der Waals surface area (Å²) in [6.07, 6.45) is 2.53. The zero-order valence-corrected chi connectivity index (χ0v) is 19.4. The van der Waals surface area contributed by atoms with Gasteiger partial charge in [-0.3, -0.25) is 9.69 Å². The first kappa shape index (κ1) is 21.0. The third-order valence-corrected chi connectivity index (χ3v) is 7.23. The second-order valence-corrected chi connectivity index (χ2v) is 9.55. The number of carbonyl (C=O) groups excluding carboxylic acids is 1. The zero-order valence-electron chi connectivity index (χ0n) is 18.5. The zero-order chi connectivity index (χ0) is 21.4. The van der Waals surface area contributed by atoms with Crippen molar-refractivity contribution in [2.24, 2.45) is 0 Å². The SMILES string of the molecule is Cc1cc(C)c(CC(=O)N(CC2CCCO2)c2nc3c(C)c(C)ccc3s2)c(C)c1. The van der Waals surface area contributed by atoms with Crippen LogP contribution >= 0.6 is 11.3 Å². The van der Waals surface area contributed by atoms with Gasteiger partial charge in [-0.05, 0) is 81.3 Å². The van der Waals surface area contributed by atoms with E-state index in [1.807, 2.05) is 4.90 Å². The molecule has 0 N–H and O–H groups in total. The normalized spacial score (nSPS) is 16.4. The predicted molar refractivity (Wildman–Crippen MR) is 125 cm³/mol. The molecule has 2 heterocycles. The number of thiazole rings is 1. The number of aryl methyl sites for hydroxylation is 5. The minimum Gasteiger partial charge on any atom is -0.376 e. The average molecular weight is 423 g/mol. The number of nitrogens with zero attached hydrogens (tertiary/aromatic N) is 2. The van der Waals surface area contributed by atoms with Crippen molar-refractivity contribution in [3.63, 3.8) is 0 Å². The smallest absolute Gasteiger partial charge is 0.233 e. The van der Waals surface area contributed by atoms with Gasteiger partial charge in [0, 0.05) is 6.61 Å². The fourth-order valence-electron chi connectivity index (χ4n) is 4.34. The molecule has 4 nitrogen and oxygen atoms in total. The highest BCUT2D eigenvalue weighted by Gasteiger charge is 2.27. The molecule has 0 bridgehead atoms. The third kappa shape index (κ3) is 4.14. The van der Waals surface area contributed by atoms with E-state index in [9.17, 15) is 4.79 Å². The van der Waals surface area contributed by atoms with Crippen molar-refractivity contribution in [2.45, 2.75) is 60.0 Å². The minimum absolute atomic E-state index is 0.0870. The molecule has 158 valence electrons. The molecule has 0 aliphatic carbocycles. The number of carbonyl (C=O) groups is 1. The van der Waals surface area contributed by atoms with E-state index in [0.29, 0.717) is 13.0 Å². The molecule has 0 saturated carbocycles. The van der Waals surface area contributed by atoms with E-state index in [0.717, 1.165) is 40.4 Å². The fourth-order valence-corrected chi connectivity index (χ4v) is 5.40. The molecule has 1 atom stereocenters. The van der Waals surface area contributed by atoms with Gasteiger partial charge in [0.1, 0.15) is 0 Å². The molecule has 1 aromatic heterocycles. The Morgan fingerprint density at radius 3 is 2.53 bits per heavy atom. The van der Waals surface area contributed by atoms with Crippen LogP contribution < -0.4 is 4.90 Å². The van der Waals surface area contributed by atoms with E-state index in [1.165, 1.54) is 27.8 Å². The molecule has 4 rings (SSSR count). The Balaban J connectivity index is 1.69. The molecule has 30 heavy (non-hydrogen) atoms. The van der Waals surface area contributed by atoms with Gasteiger partial charge in [0.15, 0.2) is 5.13 Å². The quantitative estimate of drug-likeness (QED) is 0.538. The van der Waals surface area contributed by atoms with Gasteiger partial charge >= 0.3 is 0 Å². The molecular formula is C25H30N2O2S. The highest BCUT2D eigenvalue weighted by molar-refractivity contribution is 7.22. The molecule has 1 fully saturated rings. The summed E-state index contributed by atoms with van der Waals surface area (Å²) in [6, 6.07) is 8.56. The van der Waals surface area contributed by atoms with Gasteiger partial charge in [-0.15, -0.1) is 0 Å². The monoisotopic (exact) mass is 422 g/mol. The molecular weight excluding hydrogens is 392 g/mol. The van der Waals surface area contributed by atoms with Crippen molar-refractivity contribution >= 4 is 32.6 Å². The van der Waals surface area contributed by atoms with E-state index in [-0.39, 0.29) is 12.0 Å². The first-order valence-corrected chi connectivity index (χ1v) is 11.5. The predicted octanol–water partition coefficient (Wildman–Crippen LogP) is 5.59. The van der Waals surface area contributed by atoms with Gasteiger partial charge < -0.3 is 4.74 Å². The van der Waals surface area contributed by atoms with Crippen LogP contribution in [-0.4, -0.2) is 30.1 Å². The number of hydrogen-bond donors (Lipinski definition) is 0. The Morgan fingerprint density at radius 1 is 1.13 bits per heavy atom. The lowest BCUT2D eigenvalue weighted by molar-refractivity contribution is -0.118. The maximum absolute atomic E-state index is 13.6. The standard InChI is InChI=1S/C25H30N2O2S/c1-15-11-17(3)21(18(4)12-15)13-23(28)27(14-20-7-6-10-29-20)25-26-24-19(5)16(2)8-9-22(24)30-25/h8-9,11-12,20H,6-7,10,13-14H2,1-5H3. The number of anilines is 1. The summed E-state index contributed by atoms with van der Waals surface area (Å²) in [5.41, 5.74) is 8.11. The van der Waals surface area contributed by atoms with Crippen LogP contribution in [0.2, 0.25) is 0 Å². The van der Waals surface area contributed by atoms with E-state index in [2.05, 4.69) is 58.9 Å². The van der Waals surface area contributed by atoms with Crippen molar-refractivity contribution in [1.82, 2.24) is 4.98 Å². The molecule has 2 aromatic carbocycles. The highest BCUT2D eigenvalue weighted by Crippen LogP contribution is 2.33. The number of rotatable bonds is 5. The Hall–Kier alpha value is -2.24. The van der Waals surface area contributed by atoms with Gasteiger partial charge in [-0.2, -0.15) is 0 Å². The molecule has 1 saturated heterocycles. The van der Waals surface area contributed by atoms with Crippen LogP contribution in [0, 0.1) is 34.6 Å². The van der Waals surface area contributed by atoms with Crippen molar-refractivity contribution in [3.8, 4) is 0 Å². The summed E-state index contributed by atoms with van der Waals surface area (Å²) < 4.78 is 6.99. The lowest BCUT2D eigenvalue weighted by Crippen LogP contribution is -2.38. The summed E-state index contributed by atoms with van der Waals surface area (Å²) >= 11 is 1.60. The van der Waals surface area contributed by atoms with Crippen LogP contribution in [-0.2, 0) is 16.0 Å². The largest absolute Gasteiger partial charge is 0.376 e. The maximum atomic E-state index is 13.6. The second-order valence-electron chi connectivity index (χ2n) is 8.54. The molecule has 1 unspecified atom stereocenters. The Labute approximate surface area is 182 Å². The first-order chi connectivity index (χ1) is 14.3. The first-order valence-electron chi connectivity index (χ1n) is 10.7. The number of fused-ring (bicyclic) bond motifs is 1. The highest BCUT2D eigenvalue weighted by atomic mass is 32.1. The van der Waals surface area contributed by atoms with Crippen LogP contribution in [0.15, 0.2) is 24.3 Å². The van der Waals surface area contributed by atoms with Crippen molar-refractivity contribution in [1.29, 1.82) is 0 Å². The number of hydrogen-bond acceptors (Lipinski definition) is 4. The minimum atomic E-state index is 0.0870. The molecule has 1 aliphatic rings. The molecule has 0 spiro atoms. The molecule has 1 aliphatic heterocycles. The average Bonchev–Trinajstić information content (AvgIpc) is 3.35. The van der Waals surface area contributed by atoms with E-state index >= 15 is 0 Å². The van der Waals surface area contributed by atoms with Crippen LogP contribution in [0.3, 0.4) is 0 Å². The van der Waals surface area contributed by atoms with E-state index < -0.39 is 0 Å².